The van der Waals surface area contributed by atoms with E-state index in [1.54, 1.807) is 0 Å². The van der Waals surface area contributed by atoms with Gasteiger partial charge in [0.1, 0.15) is 0 Å². The molecule has 0 unspecified atom stereocenters. The lowest BCUT2D eigenvalue weighted by Crippen LogP contribution is -2.28. The second-order valence-electron chi connectivity index (χ2n) is 3.55. The van der Waals surface area contributed by atoms with Crippen LogP contribution in [-0.4, -0.2) is 22.6 Å². The average molecular weight is 279 g/mol. The van der Waals surface area contributed by atoms with Gasteiger partial charge in [0.15, 0.2) is 0 Å². The highest BCUT2D eigenvalue weighted by molar-refractivity contribution is 5.49. The number of alkyl halides is 3. The van der Waals surface area contributed by atoms with E-state index in [2.05, 4.69) is 0 Å². The van der Waals surface area contributed by atoms with E-state index in [1.807, 2.05) is 5.32 Å². The van der Waals surface area contributed by atoms with Gasteiger partial charge in [0, 0.05) is 18.2 Å². The summed E-state index contributed by atoms with van der Waals surface area (Å²) in [5.74, 6) is 0. The molecule has 1 aromatic rings. The number of nitro benzene ring substituents is 2. The number of non-ortho nitro benzene ring substituents is 1. The van der Waals surface area contributed by atoms with Gasteiger partial charge in [0.25, 0.3) is 11.4 Å². The Kier molecular flexibility index (Phi) is 4.38. The number of nitrogens with zero attached hydrogens (tertiary/aromatic N) is 2. The fourth-order valence-corrected chi connectivity index (χ4v) is 1.32. The first-order valence-electron chi connectivity index (χ1n) is 4.90. The molecule has 0 radical (unpaired) electrons. The monoisotopic (exact) mass is 279 g/mol. The Morgan fingerprint density at radius 2 is 1.79 bits per heavy atom. The van der Waals surface area contributed by atoms with Crippen LogP contribution >= 0.6 is 0 Å². The molecule has 0 spiro atoms. The van der Waals surface area contributed by atoms with Crippen LogP contribution in [0, 0.1) is 20.2 Å². The third-order valence-electron chi connectivity index (χ3n) is 2.12. The molecule has 0 aliphatic carbocycles. The SMILES string of the molecule is O=[N+]([O-])c1ccc(CNCC(F)(F)F)c([N+](=O)[O-])c1. The fraction of sp³-hybridized carbons (Fsp3) is 0.333. The van der Waals surface area contributed by atoms with Crippen molar-refractivity contribution >= 4 is 11.4 Å². The van der Waals surface area contributed by atoms with E-state index in [0.717, 1.165) is 12.1 Å². The van der Waals surface area contributed by atoms with Gasteiger partial charge in [-0.1, -0.05) is 0 Å². The van der Waals surface area contributed by atoms with Crippen LogP contribution in [0.4, 0.5) is 24.5 Å². The lowest BCUT2D eigenvalue weighted by Gasteiger charge is -2.08. The van der Waals surface area contributed by atoms with Crippen molar-refractivity contribution in [2.45, 2.75) is 12.7 Å². The summed E-state index contributed by atoms with van der Waals surface area (Å²) in [5.41, 5.74) is -1.14. The minimum absolute atomic E-state index is 0.0557. The lowest BCUT2D eigenvalue weighted by molar-refractivity contribution is -0.394. The van der Waals surface area contributed by atoms with Gasteiger partial charge < -0.3 is 5.32 Å². The number of halogens is 3. The Bertz CT molecular complexity index is 504. The van der Waals surface area contributed by atoms with Gasteiger partial charge in [0.05, 0.1) is 22.5 Å². The maximum absolute atomic E-state index is 11.9. The van der Waals surface area contributed by atoms with Crippen molar-refractivity contribution in [1.82, 2.24) is 5.32 Å². The van der Waals surface area contributed by atoms with E-state index in [0.29, 0.717) is 6.07 Å². The van der Waals surface area contributed by atoms with Crippen molar-refractivity contribution in [3.63, 3.8) is 0 Å². The predicted molar refractivity (Wildman–Crippen MR) is 57.5 cm³/mol. The number of rotatable bonds is 5. The summed E-state index contributed by atoms with van der Waals surface area (Å²) >= 11 is 0. The van der Waals surface area contributed by atoms with Gasteiger partial charge in [-0.15, -0.1) is 0 Å². The highest BCUT2D eigenvalue weighted by atomic mass is 19.4. The van der Waals surface area contributed by atoms with Crippen LogP contribution in [0.5, 0.6) is 0 Å². The topological polar surface area (TPSA) is 98.3 Å². The van der Waals surface area contributed by atoms with Gasteiger partial charge in [0.2, 0.25) is 0 Å². The molecule has 0 saturated heterocycles. The molecule has 1 aromatic carbocycles. The Morgan fingerprint density at radius 1 is 1.16 bits per heavy atom. The zero-order valence-electron chi connectivity index (χ0n) is 9.31. The molecule has 0 bridgehead atoms. The summed E-state index contributed by atoms with van der Waals surface area (Å²) in [4.78, 5) is 19.4. The normalized spacial score (nSPS) is 11.3. The van der Waals surface area contributed by atoms with E-state index in [1.165, 1.54) is 0 Å². The van der Waals surface area contributed by atoms with Crippen molar-refractivity contribution in [2.75, 3.05) is 6.54 Å². The second-order valence-corrected chi connectivity index (χ2v) is 3.55. The summed E-state index contributed by atoms with van der Waals surface area (Å²) in [6.45, 7) is -1.71. The first-order valence-corrected chi connectivity index (χ1v) is 4.90. The summed E-state index contributed by atoms with van der Waals surface area (Å²) in [5, 5.41) is 23.1. The highest BCUT2D eigenvalue weighted by Crippen LogP contribution is 2.24. The van der Waals surface area contributed by atoms with Crippen LogP contribution in [0.3, 0.4) is 0 Å². The standard InChI is InChI=1S/C9H8F3N3O4/c10-9(11,12)5-13-4-6-1-2-7(14(16)17)3-8(6)15(18)19/h1-3,13H,4-5H2. The molecule has 0 amide bonds. The average Bonchev–Trinajstić information content (AvgIpc) is 2.27. The Hall–Kier alpha value is -2.23. The molecule has 0 aliphatic heterocycles. The minimum Gasteiger partial charge on any atom is -0.304 e. The molecular formula is C9H8F3N3O4. The summed E-state index contributed by atoms with van der Waals surface area (Å²) in [7, 11) is 0. The first kappa shape index (κ1) is 14.8. The highest BCUT2D eigenvalue weighted by Gasteiger charge is 2.27. The smallest absolute Gasteiger partial charge is 0.304 e. The van der Waals surface area contributed by atoms with E-state index < -0.39 is 40.5 Å². The molecule has 1 rings (SSSR count). The van der Waals surface area contributed by atoms with Gasteiger partial charge in [-0.05, 0) is 6.07 Å². The maximum atomic E-state index is 11.9. The van der Waals surface area contributed by atoms with Crippen LogP contribution in [0.15, 0.2) is 18.2 Å². The Labute approximate surface area is 104 Å². The van der Waals surface area contributed by atoms with Crippen molar-refractivity contribution < 1.29 is 23.0 Å². The van der Waals surface area contributed by atoms with E-state index in [9.17, 15) is 33.4 Å². The molecule has 0 aliphatic rings. The molecule has 1 N–H and O–H groups in total. The zero-order chi connectivity index (χ0) is 14.6. The number of hydrogen-bond acceptors (Lipinski definition) is 5. The van der Waals surface area contributed by atoms with Crippen molar-refractivity contribution in [3.05, 3.63) is 44.0 Å². The zero-order valence-corrected chi connectivity index (χ0v) is 9.31. The summed E-state index contributed by atoms with van der Waals surface area (Å²) < 4.78 is 35.7. The van der Waals surface area contributed by atoms with Crippen LogP contribution in [0.1, 0.15) is 5.56 Å². The largest absolute Gasteiger partial charge is 0.401 e. The minimum atomic E-state index is -4.43. The van der Waals surface area contributed by atoms with Crippen LogP contribution < -0.4 is 5.32 Å². The molecule has 7 nitrogen and oxygen atoms in total. The fourth-order valence-electron chi connectivity index (χ4n) is 1.32. The van der Waals surface area contributed by atoms with E-state index in [4.69, 9.17) is 0 Å². The first-order chi connectivity index (χ1) is 8.70. The lowest BCUT2D eigenvalue weighted by atomic mass is 10.1. The Balaban J connectivity index is 2.89. The van der Waals surface area contributed by atoms with Gasteiger partial charge >= 0.3 is 6.18 Å². The molecular weight excluding hydrogens is 271 g/mol. The number of nitrogens with one attached hydrogen (secondary N) is 1. The van der Waals surface area contributed by atoms with Gasteiger partial charge in [-0.2, -0.15) is 13.2 Å². The summed E-state index contributed by atoms with van der Waals surface area (Å²) in [6, 6.07) is 2.77. The van der Waals surface area contributed by atoms with Crippen LogP contribution in [-0.2, 0) is 6.54 Å². The van der Waals surface area contributed by atoms with Gasteiger partial charge in [-0.3, -0.25) is 20.2 Å². The molecule has 10 heteroatoms. The molecule has 19 heavy (non-hydrogen) atoms. The number of hydrogen-bond donors (Lipinski definition) is 1. The molecule has 104 valence electrons. The molecule has 0 fully saturated rings. The van der Waals surface area contributed by atoms with Crippen molar-refractivity contribution in [1.29, 1.82) is 0 Å². The molecule has 0 saturated carbocycles. The molecule has 0 atom stereocenters. The molecule has 0 heterocycles. The van der Waals surface area contributed by atoms with E-state index in [-0.39, 0.29) is 5.56 Å². The number of nitro groups is 2. The third-order valence-corrected chi connectivity index (χ3v) is 2.12. The number of benzene rings is 1. The summed E-state index contributed by atoms with van der Waals surface area (Å²) in [6.07, 6.45) is -4.43. The Morgan fingerprint density at radius 3 is 2.26 bits per heavy atom. The van der Waals surface area contributed by atoms with E-state index >= 15 is 0 Å². The predicted octanol–water partition coefficient (Wildman–Crippen LogP) is 2.15. The quantitative estimate of drug-likeness (QED) is 0.657. The van der Waals surface area contributed by atoms with Crippen molar-refractivity contribution in [2.24, 2.45) is 0 Å². The second kappa shape index (κ2) is 5.61. The molecule has 0 aromatic heterocycles. The van der Waals surface area contributed by atoms with Crippen molar-refractivity contribution in [3.8, 4) is 0 Å². The van der Waals surface area contributed by atoms with Crippen LogP contribution in [0.2, 0.25) is 0 Å². The maximum Gasteiger partial charge on any atom is 0.401 e. The van der Waals surface area contributed by atoms with Crippen LogP contribution in [0.25, 0.3) is 0 Å². The third kappa shape index (κ3) is 4.50. The van der Waals surface area contributed by atoms with Gasteiger partial charge in [-0.25, -0.2) is 0 Å².